The Kier molecular flexibility index (Phi) is 3.05. The molecular formula is C10H17N3O2S. The number of primary sulfonamides is 1. The lowest BCUT2D eigenvalue weighted by Gasteiger charge is -2.07. The first-order chi connectivity index (χ1) is 7.52. The minimum absolute atomic E-state index is 0.215. The molecule has 1 aliphatic carbocycles. The second-order valence-corrected chi connectivity index (χ2v) is 5.69. The Hall–Kier alpha value is -0.850. The fourth-order valence-electron chi connectivity index (χ4n) is 1.74. The van der Waals surface area contributed by atoms with Gasteiger partial charge in [-0.25, -0.2) is 13.6 Å². The minimum Gasteiger partial charge on any atom is -0.346 e. The monoisotopic (exact) mass is 243 g/mol. The van der Waals surface area contributed by atoms with Crippen molar-refractivity contribution in [2.24, 2.45) is 5.14 Å². The van der Waals surface area contributed by atoms with Gasteiger partial charge >= 0.3 is 0 Å². The average Bonchev–Trinajstić information content (AvgIpc) is 2.94. The van der Waals surface area contributed by atoms with E-state index in [0.717, 1.165) is 25.1 Å². The maximum Gasteiger partial charge on any atom is 0.239 e. The lowest BCUT2D eigenvalue weighted by molar-refractivity contribution is 0.597. The van der Waals surface area contributed by atoms with Gasteiger partial charge < -0.3 is 9.88 Å². The van der Waals surface area contributed by atoms with Crippen LogP contribution in [0.15, 0.2) is 17.2 Å². The standard InChI is InChI=1S/C10H17N3O2S/c1-2-12-6-9-5-10(16(11,14)15)7-13(9)8-3-4-8/h5,7-8,12H,2-4,6H2,1H3,(H2,11,14,15). The van der Waals surface area contributed by atoms with Gasteiger partial charge in [-0.1, -0.05) is 6.92 Å². The molecule has 0 spiro atoms. The van der Waals surface area contributed by atoms with Crippen LogP contribution >= 0.6 is 0 Å². The number of nitrogens with zero attached hydrogens (tertiary/aromatic N) is 1. The molecule has 2 rings (SSSR count). The van der Waals surface area contributed by atoms with Crippen molar-refractivity contribution in [3.63, 3.8) is 0 Å². The Bertz CT molecular complexity index is 474. The van der Waals surface area contributed by atoms with Gasteiger partial charge in [0, 0.05) is 24.5 Å². The fourth-order valence-corrected chi connectivity index (χ4v) is 2.30. The van der Waals surface area contributed by atoms with Crippen LogP contribution in [0.25, 0.3) is 0 Å². The Morgan fingerprint density at radius 1 is 1.56 bits per heavy atom. The highest BCUT2D eigenvalue weighted by Crippen LogP contribution is 2.37. The maximum absolute atomic E-state index is 11.3. The molecule has 6 heteroatoms. The first-order valence-electron chi connectivity index (χ1n) is 5.46. The molecule has 0 unspecified atom stereocenters. The van der Waals surface area contributed by atoms with Crippen molar-refractivity contribution in [3.05, 3.63) is 18.0 Å². The quantitative estimate of drug-likeness (QED) is 0.794. The smallest absolute Gasteiger partial charge is 0.239 e. The molecule has 1 heterocycles. The molecule has 0 aliphatic heterocycles. The van der Waals surface area contributed by atoms with E-state index in [0.29, 0.717) is 12.6 Å². The average molecular weight is 243 g/mol. The van der Waals surface area contributed by atoms with Crippen LogP contribution in [-0.4, -0.2) is 19.5 Å². The van der Waals surface area contributed by atoms with Gasteiger partial charge in [0.25, 0.3) is 0 Å². The second kappa shape index (κ2) is 4.20. The van der Waals surface area contributed by atoms with E-state index >= 15 is 0 Å². The van der Waals surface area contributed by atoms with Crippen molar-refractivity contribution >= 4 is 10.0 Å². The first-order valence-corrected chi connectivity index (χ1v) is 7.01. The molecule has 16 heavy (non-hydrogen) atoms. The van der Waals surface area contributed by atoms with Crippen LogP contribution in [-0.2, 0) is 16.6 Å². The summed E-state index contributed by atoms with van der Waals surface area (Å²) < 4.78 is 24.5. The van der Waals surface area contributed by atoms with Gasteiger partial charge in [0.05, 0.1) is 4.90 Å². The third-order valence-electron chi connectivity index (χ3n) is 2.73. The predicted octanol–water partition coefficient (Wildman–Crippen LogP) is 0.580. The Morgan fingerprint density at radius 3 is 2.75 bits per heavy atom. The topological polar surface area (TPSA) is 77.1 Å². The highest BCUT2D eigenvalue weighted by molar-refractivity contribution is 7.89. The van der Waals surface area contributed by atoms with E-state index in [1.165, 1.54) is 0 Å². The molecule has 5 nitrogen and oxygen atoms in total. The molecule has 0 saturated heterocycles. The van der Waals surface area contributed by atoms with Crippen molar-refractivity contribution < 1.29 is 8.42 Å². The van der Waals surface area contributed by atoms with Crippen LogP contribution in [0.3, 0.4) is 0 Å². The summed E-state index contributed by atoms with van der Waals surface area (Å²) in [5.41, 5.74) is 0.994. The van der Waals surface area contributed by atoms with E-state index in [-0.39, 0.29) is 4.90 Å². The minimum atomic E-state index is -3.58. The molecule has 0 amide bonds. The summed E-state index contributed by atoms with van der Waals surface area (Å²) in [6, 6.07) is 2.13. The number of hydrogen-bond donors (Lipinski definition) is 2. The molecule has 0 bridgehead atoms. The molecular weight excluding hydrogens is 226 g/mol. The van der Waals surface area contributed by atoms with Gasteiger partial charge in [-0.15, -0.1) is 0 Å². The third-order valence-corrected chi connectivity index (χ3v) is 3.61. The normalized spacial score (nSPS) is 16.6. The zero-order valence-electron chi connectivity index (χ0n) is 9.31. The molecule has 1 saturated carbocycles. The largest absolute Gasteiger partial charge is 0.346 e. The van der Waals surface area contributed by atoms with Gasteiger partial charge in [-0.05, 0) is 25.5 Å². The molecule has 0 radical (unpaired) electrons. The summed E-state index contributed by atoms with van der Waals surface area (Å²) in [5, 5.41) is 8.32. The molecule has 1 fully saturated rings. The first kappa shape index (κ1) is 11.6. The molecule has 1 aromatic heterocycles. The van der Waals surface area contributed by atoms with Crippen LogP contribution < -0.4 is 10.5 Å². The van der Waals surface area contributed by atoms with Gasteiger partial charge in [0.1, 0.15) is 0 Å². The van der Waals surface area contributed by atoms with Gasteiger partial charge in [0.15, 0.2) is 0 Å². The number of nitrogens with two attached hydrogens (primary N) is 1. The highest BCUT2D eigenvalue weighted by Gasteiger charge is 2.27. The maximum atomic E-state index is 11.3. The van der Waals surface area contributed by atoms with E-state index < -0.39 is 10.0 Å². The van der Waals surface area contributed by atoms with Crippen LogP contribution in [0.2, 0.25) is 0 Å². The van der Waals surface area contributed by atoms with Gasteiger partial charge in [0.2, 0.25) is 10.0 Å². The summed E-state index contributed by atoms with van der Waals surface area (Å²) in [4.78, 5) is 0.215. The van der Waals surface area contributed by atoms with Crippen molar-refractivity contribution in [3.8, 4) is 0 Å². The zero-order valence-corrected chi connectivity index (χ0v) is 10.1. The van der Waals surface area contributed by atoms with Gasteiger partial charge in [-0.3, -0.25) is 0 Å². The van der Waals surface area contributed by atoms with Crippen molar-refractivity contribution in [1.82, 2.24) is 9.88 Å². The van der Waals surface area contributed by atoms with E-state index in [1.54, 1.807) is 12.3 Å². The van der Waals surface area contributed by atoms with E-state index in [1.807, 2.05) is 11.5 Å². The Labute approximate surface area is 95.7 Å². The number of nitrogens with one attached hydrogen (secondary N) is 1. The van der Waals surface area contributed by atoms with Crippen LogP contribution in [0.5, 0.6) is 0 Å². The summed E-state index contributed by atoms with van der Waals surface area (Å²) in [7, 11) is -3.58. The van der Waals surface area contributed by atoms with Crippen LogP contribution in [0, 0.1) is 0 Å². The number of hydrogen-bond acceptors (Lipinski definition) is 3. The van der Waals surface area contributed by atoms with Gasteiger partial charge in [-0.2, -0.15) is 0 Å². The van der Waals surface area contributed by atoms with Crippen molar-refractivity contribution in [2.45, 2.75) is 37.2 Å². The summed E-state index contributed by atoms with van der Waals surface area (Å²) >= 11 is 0. The van der Waals surface area contributed by atoms with E-state index in [9.17, 15) is 8.42 Å². The van der Waals surface area contributed by atoms with Crippen LogP contribution in [0.4, 0.5) is 0 Å². The molecule has 0 atom stereocenters. The van der Waals surface area contributed by atoms with E-state index in [2.05, 4.69) is 5.32 Å². The summed E-state index contributed by atoms with van der Waals surface area (Å²) in [6.45, 7) is 3.56. The SMILES string of the molecule is CCNCc1cc(S(N)(=O)=O)cn1C1CC1. The number of rotatable bonds is 5. The predicted molar refractivity (Wildman–Crippen MR) is 61.5 cm³/mol. The summed E-state index contributed by atoms with van der Waals surface area (Å²) in [5.74, 6) is 0. The second-order valence-electron chi connectivity index (χ2n) is 4.13. The number of aromatic nitrogens is 1. The van der Waals surface area contributed by atoms with Crippen molar-refractivity contribution in [2.75, 3.05) is 6.54 Å². The molecule has 90 valence electrons. The van der Waals surface area contributed by atoms with Crippen molar-refractivity contribution in [1.29, 1.82) is 0 Å². The Morgan fingerprint density at radius 2 is 2.25 bits per heavy atom. The molecule has 1 aromatic rings. The summed E-state index contributed by atoms with van der Waals surface area (Å²) in [6.07, 6.45) is 3.90. The van der Waals surface area contributed by atoms with Crippen LogP contribution in [0.1, 0.15) is 31.5 Å². The third kappa shape index (κ3) is 2.45. The zero-order chi connectivity index (χ0) is 11.8. The molecule has 0 aromatic carbocycles. The molecule has 1 aliphatic rings. The lowest BCUT2D eigenvalue weighted by Crippen LogP contribution is -2.14. The fraction of sp³-hybridized carbons (Fsp3) is 0.600. The Balaban J connectivity index is 2.30. The lowest BCUT2D eigenvalue weighted by atomic mass is 10.4. The number of sulfonamides is 1. The molecule has 3 N–H and O–H groups in total. The van der Waals surface area contributed by atoms with E-state index in [4.69, 9.17) is 5.14 Å². The highest BCUT2D eigenvalue weighted by atomic mass is 32.2.